The fourth-order valence-electron chi connectivity index (χ4n) is 2.29. The van der Waals surface area contributed by atoms with Gasteiger partial charge in [0.1, 0.15) is 6.04 Å². The van der Waals surface area contributed by atoms with Crippen molar-refractivity contribution in [1.82, 2.24) is 5.32 Å². The van der Waals surface area contributed by atoms with Gasteiger partial charge in [-0.1, -0.05) is 12.8 Å². The molecule has 1 aliphatic heterocycles. The molecule has 0 radical (unpaired) electrons. The van der Waals surface area contributed by atoms with Gasteiger partial charge in [-0.05, 0) is 19.3 Å². The largest absolute Gasteiger partial charge is 0.480 e. The van der Waals surface area contributed by atoms with Crippen LogP contribution in [0.4, 0.5) is 0 Å². The molecule has 2 aliphatic rings. The molecule has 1 saturated carbocycles. The van der Waals surface area contributed by atoms with Gasteiger partial charge >= 0.3 is 5.97 Å². The van der Waals surface area contributed by atoms with Gasteiger partial charge in [0.05, 0.1) is 0 Å². The molecule has 62 valence electrons. The maximum atomic E-state index is 10.5. The normalized spacial score (nSPS) is 33.6. The van der Waals surface area contributed by atoms with Crippen molar-refractivity contribution >= 4 is 5.97 Å². The summed E-state index contributed by atoms with van der Waals surface area (Å²) in [6.07, 6.45) is 5.73. The smallest absolute Gasteiger partial charge is 0.320 e. The fourth-order valence-corrected chi connectivity index (χ4v) is 2.29. The Kier molecular flexibility index (Phi) is 1.42. The molecule has 1 spiro atoms. The Morgan fingerprint density at radius 1 is 1.45 bits per heavy atom. The van der Waals surface area contributed by atoms with Gasteiger partial charge in [0, 0.05) is 5.54 Å². The molecule has 3 nitrogen and oxygen atoms in total. The highest BCUT2D eigenvalue weighted by molar-refractivity contribution is 5.75. The number of nitrogens with one attached hydrogen (secondary N) is 1. The zero-order valence-corrected chi connectivity index (χ0v) is 6.47. The van der Waals surface area contributed by atoms with Crippen LogP contribution in [0.15, 0.2) is 0 Å². The predicted octanol–water partition coefficient (Wildman–Crippen LogP) is 0.746. The third kappa shape index (κ3) is 1.03. The van der Waals surface area contributed by atoms with E-state index in [-0.39, 0.29) is 11.6 Å². The Morgan fingerprint density at radius 3 is 2.45 bits per heavy atom. The van der Waals surface area contributed by atoms with E-state index < -0.39 is 5.97 Å². The maximum absolute atomic E-state index is 10.5. The molecule has 1 saturated heterocycles. The first-order chi connectivity index (χ1) is 5.22. The molecule has 1 aliphatic carbocycles. The minimum Gasteiger partial charge on any atom is -0.480 e. The molecule has 2 N–H and O–H groups in total. The van der Waals surface area contributed by atoms with Crippen molar-refractivity contribution in [1.29, 1.82) is 0 Å². The molecular formula is C8H13NO2. The standard InChI is InChI=1S/C8H13NO2/c10-7(11)6-5-8(9-6)3-1-2-4-8/h6,9H,1-5H2,(H,10,11). The molecule has 2 fully saturated rings. The number of aliphatic carboxylic acids is 1. The quantitative estimate of drug-likeness (QED) is 0.587. The van der Waals surface area contributed by atoms with E-state index in [2.05, 4.69) is 5.32 Å². The van der Waals surface area contributed by atoms with Gasteiger partial charge in [0.2, 0.25) is 0 Å². The predicted molar refractivity (Wildman–Crippen MR) is 40.4 cm³/mol. The second kappa shape index (κ2) is 2.21. The second-order valence-corrected chi connectivity index (χ2v) is 3.73. The lowest BCUT2D eigenvalue weighted by atomic mass is 9.80. The van der Waals surface area contributed by atoms with Crippen LogP contribution in [-0.2, 0) is 4.79 Å². The van der Waals surface area contributed by atoms with Crippen molar-refractivity contribution in [3.63, 3.8) is 0 Å². The molecular weight excluding hydrogens is 142 g/mol. The highest BCUT2D eigenvalue weighted by Crippen LogP contribution is 2.39. The van der Waals surface area contributed by atoms with Gasteiger partial charge in [0.25, 0.3) is 0 Å². The van der Waals surface area contributed by atoms with Gasteiger partial charge in [-0.2, -0.15) is 0 Å². The summed E-state index contributed by atoms with van der Waals surface area (Å²) in [7, 11) is 0. The molecule has 3 heteroatoms. The highest BCUT2D eigenvalue weighted by Gasteiger charge is 2.47. The van der Waals surface area contributed by atoms with Crippen molar-refractivity contribution < 1.29 is 9.90 Å². The molecule has 0 amide bonds. The van der Waals surface area contributed by atoms with E-state index in [0.717, 1.165) is 6.42 Å². The number of hydrogen-bond donors (Lipinski definition) is 2. The van der Waals surface area contributed by atoms with E-state index in [4.69, 9.17) is 5.11 Å². The summed E-state index contributed by atoms with van der Waals surface area (Å²) in [5.41, 5.74) is 0.239. The summed E-state index contributed by atoms with van der Waals surface area (Å²) >= 11 is 0. The number of hydrogen-bond acceptors (Lipinski definition) is 2. The topological polar surface area (TPSA) is 49.3 Å². The van der Waals surface area contributed by atoms with Crippen LogP contribution in [0.2, 0.25) is 0 Å². The Bertz CT molecular complexity index is 177. The summed E-state index contributed by atoms with van der Waals surface area (Å²) < 4.78 is 0. The number of carbonyl (C=O) groups is 1. The number of rotatable bonds is 1. The van der Waals surface area contributed by atoms with E-state index in [1.807, 2.05) is 0 Å². The van der Waals surface area contributed by atoms with Crippen LogP contribution < -0.4 is 5.32 Å². The summed E-state index contributed by atoms with van der Waals surface area (Å²) in [4.78, 5) is 10.5. The first-order valence-corrected chi connectivity index (χ1v) is 4.22. The first kappa shape index (κ1) is 7.10. The molecule has 1 heterocycles. The average molecular weight is 155 g/mol. The van der Waals surface area contributed by atoms with Crippen molar-refractivity contribution in [3.05, 3.63) is 0 Å². The second-order valence-electron chi connectivity index (χ2n) is 3.73. The molecule has 0 aromatic heterocycles. The maximum Gasteiger partial charge on any atom is 0.320 e. The minimum atomic E-state index is -0.692. The van der Waals surface area contributed by atoms with E-state index in [1.165, 1.54) is 25.7 Å². The van der Waals surface area contributed by atoms with Crippen LogP contribution in [0.25, 0.3) is 0 Å². The lowest BCUT2D eigenvalue weighted by molar-refractivity contribution is -0.144. The third-order valence-electron chi connectivity index (χ3n) is 2.93. The van der Waals surface area contributed by atoms with Gasteiger partial charge in [-0.15, -0.1) is 0 Å². The third-order valence-corrected chi connectivity index (χ3v) is 2.93. The summed E-state index contributed by atoms with van der Waals surface area (Å²) in [5, 5.41) is 11.8. The highest BCUT2D eigenvalue weighted by atomic mass is 16.4. The van der Waals surface area contributed by atoms with Gasteiger partial charge in [-0.3, -0.25) is 10.1 Å². The Hall–Kier alpha value is -0.570. The molecule has 0 aromatic rings. The fraction of sp³-hybridized carbons (Fsp3) is 0.875. The van der Waals surface area contributed by atoms with E-state index in [0.29, 0.717) is 0 Å². The van der Waals surface area contributed by atoms with Crippen LogP contribution in [0, 0.1) is 0 Å². The van der Waals surface area contributed by atoms with E-state index in [1.54, 1.807) is 0 Å². The monoisotopic (exact) mass is 155 g/mol. The lowest BCUT2D eigenvalue weighted by Gasteiger charge is -2.44. The zero-order chi connectivity index (χ0) is 7.90. The van der Waals surface area contributed by atoms with E-state index in [9.17, 15) is 4.79 Å². The minimum absolute atomic E-state index is 0.239. The Labute approximate surface area is 65.8 Å². The van der Waals surface area contributed by atoms with Gasteiger partial charge in [-0.25, -0.2) is 0 Å². The number of carboxylic acid groups (broad SMARTS) is 1. The number of carboxylic acids is 1. The van der Waals surface area contributed by atoms with E-state index >= 15 is 0 Å². The zero-order valence-electron chi connectivity index (χ0n) is 6.47. The van der Waals surface area contributed by atoms with Crippen LogP contribution in [-0.4, -0.2) is 22.7 Å². The average Bonchev–Trinajstić information content (AvgIpc) is 2.29. The van der Waals surface area contributed by atoms with Crippen LogP contribution >= 0.6 is 0 Å². The van der Waals surface area contributed by atoms with Gasteiger partial charge in [0.15, 0.2) is 0 Å². The molecule has 2 rings (SSSR count). The lowest BCUT2D eigenvalue weighted by Crippen LogP contribution is -2.64. The van der Waals surface area contributed by atoms with Crippen LogP contribution in [0.3, 0.4) is 0 Å². The summed E-state index contributed by atoms with van der Waals surface area (Å²) in [6.45, 7) is 0. The van der Waals surface area contributed by atoms with Crippen molar-refractivity contribution in [2.75, 3.05) is 0 Å². The molecule has 1 unspecified atom stereocenters. The SMILES string of the molecule is O=C(O)C1CC2(CCCC2)N1. The molecule has 11 heavy (non-hydrogen) atoms. The van der Waals surface area contributed by atoms with Crippen molar-refractivity contribution in [2.45, 2.75) is 43.7 Å². The molecule has 0 bridgehead atoms. The van der Waals surface area contributed by atoms with Crippen molar-refractivity contribution in [2.24, 2.45) is 0 Å². The molecule has 0 aromatic carbocycles. The van der Waals surface area contributed by atoms with Gasteiger partial charge < -0.3 is 5.11 Å². The summed E-state index contributed by atoms with van der Waals surface area (Å²) in [5.74, 6) is -0.692. The van der Waals surface area contributed by atoms with Crippen LogP contribution in [0.1, 0.15) is 32.1 Å². The van der Waals surface area contributed by atoms with Crippen LogP contribution in [0.5, 0.6) is 0 Å². The Balaban J connectivity index is 1.91. The Morgan fingerprint density at radius 2 is 2.00 bits per heavy atom. The summed E-state index contributed by atoms with van der Waals surface area (Å²) in [6, 6.07) is -0.256. The molecule has 1 atom stereocenters. The first-order valence-electron chi connectivity index (χ1n) is 4.22. The van der Waals surface area contributed by atoms with Crippen molar-refractivity contribution in [3.8, 4) is 0 Å².